The first-order valence-corrected chi connectivity index (χ1v) is 4.55. The molecule has 3 heteroatoms. The Balaban J connectivity index is 2.88. The molecule has 0 spiro atoms. The fourth-order valence-corrected chi connectivity index (χ4v) is 1.15. The molecule has 78 valence electrons. The number of aromatic carboxylic acids is 1. The Labute approximate surface area is 88.7 Å². The summed E-state index contributed by atoms with van der Waals surface area (Å²) in [5, 5.41) is 8.89. The molecular formula is C12H12O3. The summed E-state index contributed by atoms with van der Waals surface area (Å²) in [6, 6.07) is 4.96. The molecule has 0 aliphatic heterocycles. The van der Waals surface area contributed by atoms with E-state index in [4.69, 9.17) is 16.3 Å². The number of carboxylic acids is 1. The highest BCUT2D eigenvalue weighted by Crippen LogP contribution is 2.20. The molecule has 0 saturated heterocycles. The molecule has 1 rings (SSSR count). The zero-order chi connectivity index (χ0) is 11.3. The van der Waals surface area contributed by atoms with Crippen molar-refractivity contribution in [1.82, 2.24) is 0 Å². The number of aryl methyl sites for hydroxylation is 1. The van der Waals surface area contributed by atoms with Crippen LogP contribution in [0.25, 0.3) is 0 Å². The summed E-state index contributed by atoms with van der Waals surface area (Å²) in [7, 11) is 0. The van der Waals surface area contributed by atoms with Crippen LogP contribution >= 0.6 is 0 Å². The van der Waals surface area contributed by atoms with Crippen LogP contribution in [0.1, 0.15) is 22.3 Å². The van der Waals surface area contributed by atoms with Crippen molar-refractivity contribution in [2.75, 3.05) is 6.61 Å². The molecule has 0 heterocycles. The highest BCUT2D eigenvalue weighted by molar-refractivity contribution is 5.90. The maximum absolute atomic E-state index is 10.8. The quantitative estimate of drug-likeness (QED) is 0.603. The average Bonchev–Trinajstić information content (AvgIpc) is 2.18. The van der Waals surface area contributed by atoms with Crippen molar-refractivity contribution in [2.24, 2.45) is 0 Å². The molecule has 0 atom stereocenters. The molecule has 0 amide bonds. The van der Waals surface area contributed by atoms with Gasteiger partial charge in [0.1, 0.15) is 11.3 Å². The number of carboxylic acid groups (broad SMARTS) is 1. The van der Waals surface area contributed by atoms with E-state index in [0.717, 1.165) is 5.56 Å². The summed E-state index contributed by atoms with van der Waals surface area (Å²) in [6.45, 7) is 2.21. The Morgan fingerprint density at radius 1 is 1.60 bits per heavy atom. The Hall–Kier alpha value is -1.95. The minimum absolute atomic E-state index is 0.164. The summed E-state index contributed by atoms with van der Waals surface area (Å²) < 4.78 is 5.30. The maximum Gasteiger partial charge on any atom is 0.339 e. The van der Waals surface area contributed by atoms with Gasteiger partial charge in [0.15, 0.2) is 0 Å². The molecule has 0 fully saturated rings. The first-order valence-electron chi connectivity index (χ1n) is 4.55. The van der Waals surface area contributed by atoms with Crippen LogP contribution in [-0.4, -0.2) is 17.7 Å². The highest BCUT2D eigenvalue weighted by atomic mass is 16.5. The maximum atomic E-state index is 10.8. The van der Waals surface area contributed by atoms with E-state index in [1.165, 1.54) is 6.07 Å². The zero-order valence-electron chi connectivity index (χ0n) is 8.49. The molecule has 0 bridgehead atoms. The lowest BCUT2D eigenvalue weighted by atomic mass is 10.1. The normalized spacial score (nSPS) is 9.33. The topological polar surface area (TPSA) is 46.5 Å². The van der Waals surface area contributed by atoms with Gasteiger partial charge in [-0.25, -0.2) is 4.79 Å². The van der Waals surface area contributed by atoms with Crippen LogP contribution in [0.2, 0.25) is 0 Å². The number of carbonyl (C=O) groups is 1. The number of rotatable bonds is 4. The van der Waals surface area contributed by atoms with Gasteiger partial charge in [-0.05, 0) is 24.6 Å². The van der Waals surface area contributed by atoms with Crippen LogP contribution in [0, 0.1) is 19.3 Å². The molecule has 0 saturated carbocycles. The minimum atomic E-state index is -0.995. The fourth-order valence-electron chi connectivity index (χ4n) is 1.15. The third-order valence-corrected chi connectivity index (χ3v) is 1.87. The molecule has 15 heavy (non-hydrogen) atoms. The molecule has 1 aromatic carbocycles. The molecular weight excluding hydrogens is 192 g/mol. The van der Waals surface area contributed by atoms with Gasteiger partial charge in [0.25, 0.3) is 0 Å². The van der Waals surface area contributed by atoms with Crippen LogP contribution in [0.5, 0.6) is 5.75 Å². The Kier molecular flexibility index (Phi) is 3.75. The number of hydrogen-bond acceptors (Lipinski definition) is 2. The summed E-state index contributed by atoms with van der Waals surface area (Å²) in [5.41, 5.74) is 1.12. The largest absolute Gasteiger partial charge is 0.492 e. The van der Waals surface area contributed by atoms with Crippen molar-refractivity contribution < 1.29 is 14.6 Å². The van der Waals surface area contributed by atoms with Gasteiger partial charge in [-0.1, -0.05) is 6.07 Å². The van der Waals surface area contributed by atoms with Gasteiger partial charge in [-0.15, -0.1) is 12.3 Å². The Morgan fingerprint density at radius 3 is 2.93 bits per heavy atom. The molecule has 1 aromatic rings. The van der Waals surface area contributed by atoms with Gasteiger partial charge in [-0.3, -0.25) is 0 Å². The van der Waals surface area contributed by atoms with E-state index in [-0.39, 0.29) is 5.56 Å². The van der Waals surface area contributed by atoms with E-state index >= 15 is 0 Å². The van der Waals surface area contributed by atoms with Crippen molar-refractivity contribution in [3.63, 3.8) is 0 Å². The SMILES string of the molecule is C#CCCOc1cc(C)ccc1C(=O)O. The molecule has 0 aromatic heterocycles. The lowest BCUT2D eigenvalue weighted by Gasteiger charge is -2.08. The van der Waals surface area contributed by atoms with E-state index in [1.54, 1.807) is 12.1 Å². The van der Waals surface area contributed by atoms with Crippen LogP contribution in [-0.2, 0) is 0 Å². The smallest absolute Gasteiger partial charge is 0.339 e. The Morgan fingerprint density at radius 2 is 2.33 bits per heavy atom. The minimum Gasteiger partial charge on any atom is -0.492 e. The lowest BCUT2D eigenvalue weighted by molar-refractivity contribution is 0.0692. The van der Waals surface area contributed by atoms with Crippen molar-refractivity contribution in [3.8, 4) is 18.1 Å². The van der Waals surface area contributed by atoms with Crippen molar-refractivity contribution in [2.45, 2.75) is 13.3 Å². The average molecular weight is 204 g/mol. The molecule has 0 aliphatic rings. The van der Waals surface area contributed by atoms with E-state index in [1.807, 2.05) is 6.92 Å². The van der Waals surface area contributed by atoms with Gasteiger partial charge in [0.05, 0.1) is 6.61 Å². The number of hydrogen-bond donors (Lipinski definition) is 1. The van der Waals surface area contributed by atoms with Crippen molar-refractivity contribution in [3.05, 3.63) is 29.3 Å². The van der Waals surface area contributed by atoms with Gasteiger partial charge < -0.3 is 9.84 Å². The summed E-state index contributed by atoms with van der Waals surface area (Å²) in [5.74, 6) is 1.81. The van der Waals surface area contributed by atoms with Gasteiger partial charge >= 0.3 is 5.97 Å². The van der Waals surface area contributed by atoms with Gasteiger partial charge in [0.2, 0.25) is 0 Å². The van der Waals surface area contributed by atoms with Crippen LogP contribution in [0.15, 0.2) is 18.2 Å². The second-order valence-electron chi connectivity index (χ2n) is 3.11. The number of benzene rings is 1. The lowest BCUT2D eigenvalue weighted by Crippen LogP contribution is -2.04. The van der Waals surface area contributed by atoms with E-state index < -0.39 is 5.97 Å². The summed E-state index contributed by atoms with van der Waals surface area (Å²) in [6.07, 6.45) is 5.54. The van der Waals surface area contributed by atoms with Crippen LogP contribution in [0.4, 0.5) is 0 Å². The fraction of sp³-hybridized carbons (Fsp3) is 0.250. The summed E-state index contributed by atoms with van der Waals surface area (Å²) >= 11 is 0. The molecule has 0 aliphatic carbocycles. The second-order valence-corrected chi connectivity index (χ2v) is 3.11. The number of terminal acetylenes is 1. The molecule has 3 nitrogen and oxygen atoms in total. The van der Waals surface area contributed by atoms with E-state index in [2.05, 4.69) is 5.92 Å². The summed E-state index contributed by atoms with van der Waals surface area (Å²) in [4.78, 5) is 10.8. The molecule has 0 unspecified atom stereocenters. The van der Waals surface area contributed by atoms with Crippen molar-refractivity contribution in [1.29, 1.82) is 0 Å². The Bertz CT molecular complexity index is 402. The molecule has 0 radical (unpaired) electrons. The predicted octanol–water partition coefficient (Wildman–Crippen LogP) is 2.10. The predicted molar refractivity (Wildman–Crippen MR) is 57.1 cm³/mol. The molecule has 1 N–H and O–H groups in total. The van der Waals surface area contributed by atoms with Crippen LogP contribution < -0.4 is 4.74 Å². The van der Waals surface area contributed by atoms with Gasteiger partial charge in [-0.2, -0.15) is 0 Å². The third-order valence-electron chi connectivity index (χ3n) is 1.87. The van der Waals surface area contributed by atoms with Gasteiger partial charge in [0, 0.05) is 6.42 Å². The monoisotopic (exact) mass is 204 g/mol. The highest BCUT2D eigenvalue weighted by Gasteiger charge is 2.10. The van der Waals surface area contributed by atoms with Crippen LogP contribution in [0.3, 0.4) is 0 Å². The van der Waals surface area contributed by atoms with Crippen molar-refractivity contribution >= 4 is 5.97 Å². The first-order chi connectivity index (χ1) is 7.15. The van der Waals surface area contributed by atoms with E-state index in [9.17, 15) is 4.79 Å². The number of ether oxygens (including phenoxy) is 1. The zero-order valence-corrected chi connectivity index (χ0v) is 8.49. The van der Waals surface area contributed by atoms with E-state index in [0.29, 0.717) is 18.8 Å². The third kappa shape index (κ3) is 3.03. The first kappa shape index (κ1) is 11.1. The second kappa shape index (κ2) is 5.06. The standard InChI is InChI=1S/C12H12O3/c1-3-4-7-15-11-8-9(2)5-6-10(11)12(13)14/h1,5-6,8H,4,7H2,2H3,(H,13,14).